The quantitative estimate of drug-likeness (QED) is 0.651. The minimum Gasteiger partial charge on any atom is -0.369 e. The van der Waals surface area contributed by atoms with Crippen LogP contribution in [0.5, 0.6) is 0 Å². The largest absolute Gasteiger partial charge is 0.369 e. The molecule has 7 heteroatoms. The van der Waals surface area contributed by atoms with E-state index in [1.165, 1.54) is 12.0 Å². The van der Waals surface area contributed by atoms with Crippen LogP contribution in [0.15, 0.2) is 66.2 Å². The van der Waals surface area contributed by atoms with Crippen LogP contribution in [-0.4, -0.2) is 31.7 Å². The number of amides is 1. The number of pyridine rings is 1. The minimum atomic E-state index is -1.01. The number of aliphatic imine (C=N–C) groups is 1. The van der Waals surface area contributed by atoms with Crippen molar-refractivity contribution in [2.75, 3.05) is 0 Å². The molecule has 0 unspecified atom stereocenters. The molecule has 172 valence electrons. The number of fused-ring (bicyclic) bond motifs is 3. The van der Waals surface area contributed by atoms with Crippen LogP contribution in [0.25, 0.3) is 11.1 Å². The molecule has 3 atom stereocenters. The average molecular weight is 453 g/mol. The molecule has 3 aromatic rings. The van der Waals surface area contributed by atoms with Gasteiger partial charge in [0.2, 0.25) is 0 Å². The van der Waals surface area contributed by atoms with Crippen molar-refractivity contribution in [1.29, 1.82) is 0 Å². The van der Waals surface area contributed by atoms with E-state index in [4.69, 9.17) is 10.7 Å². The van der Waals surface area contributed by atoms with Crippen molar-refractivity contribution in [3.8, 4) is 11.1 Å². The van der Waals surface area contributed by atoms with Gasteiger partial charge in [0.25, 0.3) is 5.91 Å². The summed E-state index contributed by atoms with van der Waals surface area (Å²) in [6.07, 6.45) is 12.0. The first kappa shape index (κ1) is 21.0. The summed E-state index contributed by atoms with van der Waals surface area (Å²) in [6.45, 7) is 2.51. The number of aromatic nitrogens is 3. The van der Waals surface area contributed by atoms with Crippen LogP contribution in [-0.2, 0) is 23.3 Å². The van der Waals surface area contributed by atoms with Gasteiger partial charge in [-0.3, -0.25) is 14.7 Å². The Bertz CT molecular complexity index is 1280. The Balaban J connectivity index is 1.50. The van der Waals surface area contributed by atoms with Gasteiger partial charge in [-0.05, 0) is 65.6 Å². The standard InChI is InChI=1S/C27H28N6O/c1-18-5-2-9-26(14-18)15-20-8-7-19(21-6-3-10-29-16-21)13-22(20)27(26)24(34)33(25(28)32-27)17-23-30-11-4-12-31-23/h3-4,6-8,10-13,16,18H,2,5,9,14-15,17H2,1H3,(H2,28,32)/t18-,26+,27-/m1/s1. The molecule has 0 bridgehead atoms. The molecular formula is C27H28N6O. The summed E-state index contributed by atoms with van der Waals surface area (Å²) in [4.78, 5) is 34.0. The Kier molecular flexibility index (Phi) is 4.76. The first-order valence-electron chi connectivity index (χ1n) is 12.0. The fourth-order valence-corrected chi connectivity index (χ4v) is 6.51. The number of nitrogens with zero attached hydrogens (tertiary/aromatic N) is 5. The molecule has 1 aromatic carbocycles. The zero-order chi connectivity index (χ0) is 23.3. The van der Waals surface area contributed by atoms with E-state index in [2.05, 4.69) is 40.1 Å². The molecule has 1 fully saturated rings. The van der Waals surface area contributed by atoms with Gasteiger partial charge in [0, 0.05) is 30.2 Å². The maximum atomic E-state index is 14.4. The molecule has 0 radical (unpaired) electrons. The van der Waals surface area contributed by atoms with Crippen LogP contribution in [0.4, 0.5) is 0 Å². The zero-order valence-corrected chi connectivity index (χ0v) is 19.3. The van der Waals surface area contributed by atoms with Crippen molar-refractivity contribution in [3.63, 3.8) is 0 Å². The summed E-state index contributed by atoms with van der Waals surface area (Å²) in [5, 5.41) is 0. The number of benzene rings is 1. The third kappa shape index (κ3) is 2.99. The van der Waals surface area contributed by atoms with Crippen molar-refractivity contribution in [1.82, 2.24) is 19.9 Å². The van der Waals surface area contributed by atoms with E-state index in [0.29, 0.717) is 11.7 Å². The topological polar surface area (TPSA) is 97.4 Å². The van der Waals surface area contributed by atoms with Crippen LogP contribution in [0.3, 0.4) is 0 Å². The highest BCUT2D eigenvalue weighted by molar-refractivity contribution is 6.08. The number of hydrogen-bond donors (Lipinski definition) is 1. The van der Waals surface area contributed by atoms with Crippen molar-refractivity contribution in [2.45, 2.75) is 51.1 Å². The van der Waals surface area contributed by atoms with Gasteiger partial charge < -0.3 is 5.73 Å². The minimum absolute atomic E-state index is 0.0476. The summed E-state index contributed by atoms with van der Waals surface area (Å²) in [5.41, 5.74) is 9.47. The van der Waals surface area contributed by atoms with Crippen LogP contribution in [0, 0.1) is 11.3 Å². The summed E-state index contributed by atoms with van der Waals surface area (Å²) in [6, 6.07) is 12.2. The van der Waals surface area contributed by atoms with Crippen molar-refractivity contribution >= 4 is 11.9 Å². The number of carbonyl (C=O) groups excluding carboxylic acids is 1. The van der Waals surface area contributed by atoms with Gasteiger partial charge in [-0.1, -0.05) is 38.0 Å². The average Bonchev–Trinajstić information content (AvgIpc) is 3.26. The van der Waals surface area contributed by atoms with E-state index >= 15 is 0 Å². The molecule has 6 rings (SSSR count). The van der Waals surface area contributed by atoms with E-state index < -0.39 is 5.54 Å². The lowest BCUT2D eigenvalue weighted by Gasteiger charge is -2.45. The second kappa shape index (κ2) is 7.72. The monoisotopic (exact) mass is 452 g/mol. The van der Waals surface area contributed by atoms with E-state index in [1.807, 2.05) is 18.3 Å². The molecule has 2 aromatic heterocycles. The van der Waals surface area contributed by atoms with Crippen molar-refractivity contribution in [3.05, 3.63) is 78.1 Å². The number of hydrogen-bond acceptors (Lipinski definition) is 6. The molecule has 3 aliphatic rings. The highest BCUT2D eigenvalue weighted by Gasteiger charge is 2.66. The lowest BCUT2D eigenvalue weighted by atomic mass is 9.59. The summed E-state index contributed by atoms with van der Waals surface area (Å²) in [5.74, 6) is 1.30. The smallest absolute Gasteiger partial charge is 0.262 e. The predicted octanol–water partition coefficient (Wildman–Crippen LogP) is 3.84. The molecular weight excluding hydrogens is 424 g/mol. The maximum absolute atomic E-state index is 14.4. The Morgan fingerprint density at radius 3 is 2.74 bits per heavy atom. The molecule has 7 nitrogen and oxygen atoms in total. The Morgan fingerprint density at radius 2 is 1.97 bits per heavy atom. The number of carbonyl (C=O) groups is 1. The number of guanidine groups is 1. The highest BCUT2D eigenvalue weighted by atomic mass is 16.2. The molecule has 1 saturated carbocycles. The number of nitrogens with two attached hydrogens (primary N) is 1. The van der Waals surface area contributed by atoms with Gasteiger partial charge in [0.15, 0.2) is 11.5 Å². The first-order chi connectivity index (χ1) is 16.5. The molecule has 34 heavy (non-hydrogen) atoms. The first-order valence-corrected chi connectivity index (χ1v) is 12.0. The maximum Gasteiger partial charge on any atom is 0.262 e. The summed E-state index contributed by atoms with van der Waals surface area (Å²) >= 11 is 0. The number of rotatable bonds is 3. The fourth-order valence-electron chi connectivity index (χ4n) is 6.51. The van der Waals surface area contributed by atoms with E-state index in [0.717, 1.165) is 42.4 Å². The molecule has 1 aliphatic heterocycles. The molecule has 3 heterocycles. The Morgan fingerprint density at radius 1 is 1.12 bits per heavy atom. The molecule has 0 saturated heterocycles. The van der Waals surface area contributed by atoms with Crippen LogP contribution in [0.2, 0.25) is 0 Å². The summed E-state index contributed by atoms with van der Waals surface area (Å²) in [7, 11) is 0. The Hall–Kier alpha value is -3.61. The second-order valence-electron chi connectivity index (χ2n) is 10.0. The lowest BCUT2D eigenvalue weighted by Crippen LogP contribution is -2.51. The molecule has 2 spiro atoms. The van der Waals surface area contributed by atoms with Gasteiger partial charge >= 0.3 is 0 Å². The SMILES string of the molecule is C[C@@H]1CCC[C@@]2(Cc3ccc(-c4cccnc4)cc3[C@]23N=C(N)N(Cc2ncccn2)C3=O)C1. The third-order valence-electron chi connectivity index (χ3n) is 7.91. The third-order valence-corrected chi connectivity index (χ3v) is 7.91. The molecule has 2 aliphatic carbocycles. The van der Waals surface area contributed by atoms with Crippen LogP contribution >= 0.6 is 0 Å². The molecule has 1 amide bonds. The predicted molar refractivity (Wildman–Crippen MR) is 129 cm³/mol. The van der Waals surface area contributed by atoms with Crippen LogP contribution in [0.1, 0.15) is 49.6 Å². The normalized spacial score (nSPS) is 27.9. The van der Waals surface area contributed by atoms with Gasteiger partial charge in [-0.15, -0.1) is 0 Å². The van der Waals surface area contributed by atoms with E-state index in [-0.39, 0.29) is 23.8 Å². The van der Waals surface area contributed by atoms with Crippen molar-refractivity contribution in [2.24, 2.45) is 22.1 Å². The van der Waals surface area contributed by atoms with Gasteiger partial charge in [0.1, 0.15) is 5.82 Å². The lowest BCUT2D eigenvalue weighted by molar-refractivity contribution is -0.138. The highest BCUT2D eigenvalue weighted by Crippen LogP contribution is 2.62. The van der Waals surface area contributed by atoms with Gasteiger partial charge in [0.05, 0.1) is 6.54 Å². The van der Waals surface area contributed by atoms with Crippen molar-refractivity contribution < 1.29 is 4.79 Å². The fraction of sp³-hybridized carbons (Fsp3) is 0.370. The summed E-state index contributed by atoms with van der Waals surface area (Å²) < 4.78 is 0. The Labute approximate surface area is 199 Å². The molecule has 2 N–H and O–H groups in total. The van der Waals surface area contributed by atoms with E-state index in [9.17, 15) is 4.79 Å². The van der Waals surface area contributed by atoms with Gasteiger partial charge in [-0.2, -0.15) is 0 Å². The second-order valence-corrected chi connectivity index (χ2v) is 10.0. The zero-order valence-electron chi connectivity index (χ0n) is 19.3. The van der Waals surface area contributed by atoms with E-state index in [1.54, 1.807) is 29.6 Å². The van der Waals surface area contributed by atoms with Gasteiger partial charge in [-0.25, -0.2) is 15.0 Å². The van der Waals surface area contributed by atoms with Crippen LogP contribution < -0.4 is 5.73 Å².